The summed E-state index contributed by atoms with van der Waals surface area (Å²) in [4.78, 5) is 39.4. The molecule has 0 spiro atoms. The first kappa shape index (κ1) is 20.0. The van der Waals surface area contributed by atoms with Crippen LogP contribution in [0.25, 0.3) is 0 Å². The van der Waals surface area contributed by atoms with Crippen LogP contribution in [0.15, 0.2) is 23.1 Å². The Kier molecular flexibility index (Phi) is 5.48. The molecule has 1 aliphatic heterocycles. The highest BCUT2D eigenvalue weighted by atomic mass is 19.4. The van der Waals surface area contributed by atoms with E-state index in [1.165, 1.54) is 4.90 Å². The Bertz CT molecular complexity index is 742. The molecule has 0 bridgehead atoms. The fourth-order valence-corrected chi connectivity index (χ4v) is 2.70. The van der Waals surface area contributed by atoms with E-state index in [1.807, 2.05) is 20.8 Å². The Balaban J connectivity index is 2.02. The third kappa shape index (κ3) is 4.64. The molecule has 0 radical (unpaired) electrons. The van der Waals surface area contributed by atoms with Crippen molar-refractivity contribution in [3.05, 3.63) is 34.2 Å². The highest BCUT2D eigenvalue weighted by Crippen LogP contribution is 2.28. The molecule has 1 aliphatic rings. The molecule has 0 atom stereocenters. The lowest BCUT2D eigenvalue weighted by atomic mass is 9.94. The lowest BCUT2D eigenvalue weighted by molar-refractivity contribution is -0.145. The fraction of sp³-hybridized carbons (Fsp3) is 0.588. The van der Waals surface area contributed by atoms with Gasteiger partial charge in [0.15, 0.2) is 0 Å². The number of rotatable bonds is 2. The Hall–Kier alpha value is -2.32. The van der Waals surface area contributed by atoms with Gasteiger partial charge >= 0.3 is 6.18 Å². The zero-order valence-corrected chi connectivity index (χ0v) is 15.0. The molecule has 0 saturated carbocycles. The van der Waals surface area contributed by atoms with Gasteiger partial charge in [0.1, 0.15) is 6.54 Å². The van der Waals surface area contributed by atoms with Crippen molar-refractivity contribution in [3.8, 4) is 0 Å². The summed E-state index contributed by atoms with van der Waals surface area (Å²) in [6.45, 7) is 6.27. The predicted molar refractivity (Wildman–Crippen MR) is 88.3 cm³/mol. The molecule has 0 aromatic carbocycles. The summed E-state index contributed by atoms with van der Waals surface area (Å²) < 4.78 is 39.0. The van der Waals surface area contributed by atoms with E-state index < -0.39 is 35.2 Å². The smallest absolute Gasteiger partial charge is 0.339 e. The molecule has 0 N–H and O–H groups in total. The second-order valence-electron chi connectivity index (χ2n) is 7.30. The molecule has 144 valence electrons. The highest BCUT2D eigenvalue weighted by Gasteiger charge is 2.32. The van der Waals surface area contributed by atoms with E-state index in [0.29, 0.717) is 25.4 Å². The van der Waals surface area contributed by atoms with Gasteiger partial charge < -0.3 is 14.4 Å². The summed E-state index contributed by atoms with van der Waals surface area (Å²) in [6, 6.07) is 1.50. The Labute approximate surface area is 149 Å². The second-order valence-corrected chi connectivity index (χ2v) is 7.30. The van der Waals surface area contributed by atoms with Crippen molar-refractivity contribution in [2.24, 2.45) is 5.41 Å². The molecule has 1 aromatic rings. The lowest BCUT2D eigenvalue weighted by Crippen LogP contribution is -2.53. The first-order valence-corrected chi connectivity index (χ1v) is 8.24. The van der Waals surface area contributed by atoms with E-state index >= 15 is 0 Å². The van der Waals surface area contributed by atoms with Crippen LogP contribution in [0.4, 0.5) is 13.2 Å². The number of alkyl halides is 3. The minimum Gasteiger partial charge on any atom is -0.339 e. The Morgan fingerprint density at radius 3 is 2.04 bits per heavy atom. The normalized spacial score (nSPS) is 15.9. The van der Waals surface area contributed by atoms with Crippen LogP contribution in [0.1, 0.15) is 26.3 Å². The number of piperazine rings is 1. The van der Waals surface area contributed by atoms with Crippen molar-refractivity contribution in [1.29, 1.82) is 0 Å². The third-order valence-corrected chi connectivity index (χ3v) is 4.18. The van der Waals surface area contributed by atoms with Gasteiger partial charge in [-0.05, 0) is 6.07 Å². The van der Waals surface area contributed by atoms with Crippen LogP contribution in [-0.2, 0) is 22.3 Å². The Morgan fingerprint density at radius 1 is 1.00 bits per heavy atom. The summed E-state index contributed by atoms with van der Waals surface area (Å²) in [6.07, 6.45) is -3.93. The van der Waals surface area contributed by atoms with Crippen molar-refractivity contribution in [1.82, 2.24) is 14.4 Å². The van der Waals surface area contributed by atoms with Gasteiger partial charge in [0.05, 0.1) is 5.56 Å². The first-order valence-electron chi connectivity index (χ1n) is 8.24. The maximum absolute atomic E-state index is 12.8. The molecule has 9 heteroatoms. The summed E-state index contributed by atoms with van der Waals surface area (Å²) in [5, 5.41) is 0. The maximum atomic E-state index is 12.8. The van der Waals surface area contributed by atoms with Gasteiger partial charge in [-0.2, -0.15) is 13.2 Å². The second kappa shape index (κ2) is 7.13. The highest BCUT2D eigenvalue weighted by molar-refractivity contribution is 5.82. The van der Waals surface area contributed by atoms with Crippen molar-refractivity contribution < 1.29 is 22.8 Å². The van der Waals surface area contributed by atoms with Gasteiger partial charge in [-0.25, -0.2) is 0 Å². The third-order valence-electron chi connectivity index (χ3n) is 4.18. The quantitative estimate of drug-likeness (QED) is 0.791. The van der Waals surface area contributed by atoms with Gasteiger partial charge in [0.2, 0.25) is 11.8 Å². The van der Waals surface area contributed by atoms with Crippen molar-refractivity contribution >= 4 is 11.8 Å². The van der Waals surface area contributed by atoms with Gasteiger partial charge in [0.25, 0.3) is 5.56 Å². The van der Waals surface area contributed by atoms with Gasteiger partial charge in [-0.3, -0.25) is 14.4 Å². The van der Waals surface area contributed by atoms with E-state index in [9.17, 15) is 27.6 Å². The van der Waals surface area contributed by atoms with Gasteiger partial charge in [0, 0.05) is 43.9 Å². The first-order chi connectivity index (χ1) is 11.9. The van der Waals surface area contributed by atoms with Crippen molar-refractivity contribution in [2.75, 3.05) is 26.2 Å². The largest absolute Gasteiger partial charge is 0.417 e. The fourth-order valence-electron chi connectivity index (χ4n) is 2.70. The van der Waals surface area contributed by atoms with E-state index in [1.54, 1.807) is 4.90 Å². The molecule has 1 saturated heterocycles. The van der Waals surface area contributed by atoms with E-state index in [0.717, 1.165) is 10.6 Å². The number of halogens is 3. The van der Waals surface area contributed by atoms with Gasteiger partial charge in [-0.15, -0.1) is 0 Å². The van der Waals surface area contributed by atoms with E-state index in [-0.39, 0.29) is 19.0 Å². The molecule has 6 nitrogen and oxygen atoms in total. The molecule has 0 unspecified atom stereocenters. The van der Waals surface area contributed by atoms with Crippen LogP contribution < -0.4 is 5.56 Å². The zero-order valence-electron chi connectivity index (χ0n) is 15.0. The number of aromatic nitrogens is 1. The predicted octanol–water partition coefficient (Wildman–Crippen LogP) is 1.58. The number of hydrogen-bond donors (Lipinski definition) is 0. The van der Waals surface area contributed by atoms with Crippen molar-refractivity contribution in [2.45, 2.75) is 33.5 Å². The van der Waals surface area contributed by atoms with E-state index in [4.69, 9.17) is 0 Å². The number of nitrogens with zero attached hydrogens (tertiary/aromatic N) is 3. The standard InChI is InChI=1S/C17H22F3N3O3/c1-16(2,3)15(26)22-8-6-21(7-9-22)14(25)11-23-10-12(17(18,19)20)4-5-13(23)24/h4-5,10H,6-9,11H2,1-3H3. The molecule has 0 aliphatic carbocycles. The topological polar surface area (TPSA) is 62.6 Å². The summed E-state index contributed by atoms with van der Waals surface area (Å²) >= 11 is 0. The average molecular weight is 373 g/mol. The molecule has 2 amide bonds. The van der Waals surface area contributed by atoms with Crippen LogP contribution >= 0.6 is 0 Å². The maximum Gasteiger partial charge on any atom is 0.417 e. The molecular weight excluding hydrogens is 351 g/mol. The van der Waals surface area contributed by atoms with Crippen LogP contribution in [-0.4, -0.2) is 52.4 Å². The molecule has 1 fully saturated rings. The summed E-state index contributed by atoms with van der Waals surface area (Å²) in [5.74, 6) is -0.465. The SMILES string of the molecule is CC(C)(C)C(=O)N1CCN(C(=O)Cn2cc(C(F)(F)F)ccc2=O)CC1. The summed E-state index contributed by atoms with van der Waals surface area (Å²) in [7, 11) is 0. The minimum atomic E-state index is -4.59. The van der Waals surface area contributed by atoms with Crippen LogP contribution in [0, 0.1) is 5.41 Å². The molecule has 2 heterocycles. The molecular formula is C17H22F3N3O3. The zero-order chi connectivity index (χ0) is 19.7. The van der Waals surface area contributed by atoms with Gasteiger partial charge in [-0.1, -0.05) is 20.8 Å². The lowest BCUT2D eigenvalue weighted by Gasteiger charge is -2.37. The average Bonchev–Trinajstić information content (AvgIpc) is 2.54. The summed E-state index contributed by atoms with van der Waals surface area (Å²) in [5.41, 5.74) is -2.17. The minimum absolute atomic E-state index is 0.0151. The molecule has 1 aromatic heterocycles. The van der Waals surface area contributed by atoms with Crippen LogP contribution in [0.5, 0.6) is 0 Å². The van der Waals surface area contributed by atoms with Crippen molar-refractivity contribution in [3.63, 3.8) is 0 Å². The van der Waals surface area contributed by atoms with Crippen LogP contribution in [0.3, 0.4) is 0 Å². The molecule has 2 rings (SSSR count). The number of hydrogen-bond acceptors (Lipinski definition) is 3. The van der Waals surface area contributed by atoms with Crippen LogP contribution in [0.2, 0.25) is 0 Å². The Morgan fingerprint density at radius 2 is 1.54 bits per heavy atom. The van der Waals surface area contributed by atoms with E-state index in [2.05, 4.69) is 0 Å². The number of amides is 2. The number of carbonyl (C=O) groups is 2. The number of pyridine rings is 1. The monoisotopic (exact) mass is 373 g/mol. The number of carbonyl (C=O) groups excluding carboxylic acids is 2. The molecule has 26 heavy (non-hydrogen) atoms.